The van der Waals surface area contributed by atoms with Crippen LogP contribution in [0.5, 0.6) is 11.5 Å². The van der Waals surface area contributed by atoms with Gasteiger partial charge in [-0.05, 0) is 101 Å². The second-order valence-electron chi connectivity index (χ2n) is 10.2. The van der Waals surface area contributed by atoms with E-state index in [9.17, 15) is 9.59 Å². The number of benzene rings is 2. The predicted molar refractivity (Wildman–Crippen MR) is 157 cm³/mol. The van der Waals surface area contributed by atoms with E-state index in [2.05, 4.69) is 26.2 Å². The van der Waals surface area contributed by atoms with E-state index in [0.29, 0.717) is 19.8 Å². The molecule has 1 unspecified atom stereocenters. The molecular weight excluding hydrogens is 580 g/mol. The van der Waals surface area contributed by atoms with Crippen LogP contribution in [0.1, 0.15) is 52.9 Å². The Morgan fingerprint density at radius 3 is 1.77 bits per heavy atom. The molecule has 0 amide bonds. The average molecular weight is 622 g/mol. The van der Waals surface area contributed by atoms with E-state index >= 15 is 0 Å². The summed E-state index contributed by atoms with van der Waals surface area (Å²) < 4.78 is 25.6. The molecule has 40 heavy (non-hydrogen) atoms. The number of alkyl halides is 1. The molecule has 10 heteroatoms. The van der Waals surface area contributed by atoms with Gasteiger partial charge in [0, 0.05) is 7.11 Å². The lowest BCUT2D eigenvalue weighted by molar-refractivity contribution is -0.157. The fourth-order valence-electron chi connectivity index (χ4n) is 3.82. The molecule has 0 aliphatic heterocycles. The zero-order chi connectivity index (χ0) is 29.4. The zero-order valence-corrected chi connectivity index (χ0v) is 25.7. The van der Waals surface area contributed by atoms with Crippen molar-refractivity contribution in [2.45, 2.75) is 57.2 Å². The molecule has 0 aliphatic carbocycles. The van der Waals surface area contributed by atoms with E-state index in [1.54, 1.807) is 35.0 Å². The van der Waals surface area contributed by atoms with Crippen molar-refractivity contribution in [1.82, 2.24) is 0 Å². The Labute approximate surface area is 245 Å². The molecule has 0 radical (unpaired) electrons. The van der Waals surface area contributed by atoms with Crippen LogP contribution < -0.4 is 9.47 Å². The van der Waals surface area contributed by atoms with Gasteiger partial charge in [0.2, 0.25) is 0 Å². The topological polar surface area (TPSA) is 105 Å². The normalized spacial score (nSPS) is 13.1. The van der Waals surface area contributed by atoms with Gasteiger partial charge < -0.3 is 23.7 Å². The number of carbonyl (C=O) groups is 2. The summed E-state index contributed by atoms with van der Waals surface area (Å²) in [5, 5.41) is 8.47. The molecule has 1 atom stereocenters. The summed E-state index contributed by atoms with van der Waals surface area (Å²) in [6.07, 6.45) is 3.76. The van der Waals surface area contributed by atoms with Crippen molar-refractivity contribution >= 4 is 39.2 Å². The molecule has 0 spiro atoms. The van der Waals surface area contributed by atoms with Crippen molar-refractivity contribution in [3.05, 3.63) is 48.5 Å². The first-order valence-corrected chi connectivity index (χ1v) is 14.2. The second-order valence-corrected chi connectivity index (χ2v) is 11.9. The van der Waals surface area contributed by atoms with Crippen LogP contribution in [-0.4, -0.2) is 56.9 Å². The third-order valence-corrected chi connectivity index (χ3v) is 6.61. The van der Waals surface area contributed by atoms with Gasteiger partial charge in [-0.3, -0.25) is 9.59 Å². The quantitative estimate of drug-likeness (QED) is 0.0742. The van der Waals surface area contributed by atoms with Gasteiger partial charge in [-0.2, -0.15) is 10.2 Å². The number of methoxy groups -OCH3 is 2. The van der Waals surface area contributed by atoms with Gasteiger partial charge in [-0.1, -0.05) is 15.9 Å². The van der Waals surface area contributed by atoms with Gasteiger partial charge in [-0.15, -0.1) is 0 Å². The molecule has 0 aromatic heterocycles. The highest BCUT2D eigenvalue weighted by molar-refractivity contribution is 9.10. The van der Waals surface area contributed by atoms with E-state index in [1.807, 2.05) is 48.5 Å². The number of ether oxygens (including phenoxy) is 5. The number of azo groups is 1. The summed E-state index contributed by atoms with van der Waals surface area (Å²) in [5.41, 5.74) is 0.632. The lowest BCUT2D eigenvalue weighted by atomic mass is 9.83. The third-order valence-electron chi connectivity index (χ3n) is 6.00. The summed E-state index contributed by atoms with van der Waals surface area (Å²) in [6.45, 7) is 6.65. The van der Waals surface area contributed by atoms with E-state index in [-0.39, 0.29) is 25.0 Å². The predicted octanol–water partition coefficient (Wildman–Crippen LogP) is 7.35. The summed E-state index contributed by atoms with van der Waals surface area (Å²) in [6, 6.07) is 14.8. The lowest BCUT2D eigenvalue weighted by Crippen LogP contribution is -2.40. The van der Waals surface area contributed by atoms with Crippen LogP contribution in [0.2, 0.25) is 0 Å². The first kappa shape index (κ1) is 33.2. The van der Waals surface area contributed by atoms with Crippen LogP contribution in [0, 0.1) is 5.41 Å². The standard InChI is InChI=1S/C30H41BrN2O7/c1-29(2,27(34)40-21-20-36-4)22-30(3,31)28(35)39-19-9-7-6-8-18-38-26-16-12-24(13-17-26)33-32-23-10-14-25(37-5)15-11-23/h10-17H,6-9,18-22H2,1-5H3. The maximum Gasteiger partial charge on any atom is 0.322 e. The molecule has 2 aromatic rings. The van der Waals surface area contributed by atoms with E-state index in [1.165, 1.54) is 0 Å². The van der Waals surface area contributed by atoms with Gasteiger partial charge in [0.05, 0.1) is 43.7 Å². The average Bonchev–Trinajstić information content (AvgIpc) is 2.93. The fraction of sp³-hybridized carbons (Fsp3) is 0.533. The highest BCUT2D eigenvalue weighted by Crippen LogP contribution is 2.36. The minimum Gasteiger partial charge on any atom is -0.497 e. The Balaban J connectivity index is 1.60. The summed E-state index contributed by atoms with van der Waals surface area (Å²) >= 11 is 3.45. The Morgan fingerprint density at radius 2 is 1.23 bits per heavy atom. The molecular formula is C30H41BrN2O7. The number of rotatable bonds is 18. The number of unbranched alkanes of at least 4 members (excludes halogenated alkanes) is 3. The van der Waals surface area contributed by atoms with Crippen LogP contribution in [0.4, 0.5) is 11.4 Å². The van der Waals surface area contributed by atoms with E-state index < -0.39 is 9.74 Å². The minimum atomic E-state index is -0.989. The number of halogens is 1. The summed E-state index contributed by atoms with van der Waals surface area (Å²) in [7, 11) is 3.16. The Kier molecular flexibility index (Phi) is 14.1. The largest absolute Gasteiger partial charge is 0.497 e. The molecule has 0 N–H and O–H groups in total. The Bertz CT molecular complexity index is 1070. The molecule has 0 saturated carbocycles. The zero-order valence-electron chi connectivity index (χ0n) is 24.1. The van der Waals surface area contributed by atoms with Crippen molar-refractivity contribution < 1.29 is 33.3 Å². The van der Waals surface area contributed by atoms with Crippen molar-refractivity contribution in [3.8, 4) is 11.5 Å². The smallest absolute Gasteiger partial charge is 0.322 e. The van der Waals surface area contributed by atoms with Crippen molar-refractivity contribution in [1.29, 1.82) is 0 Å². The van der Waals surface area contributed by atoms with Gasteiger partial charge in [0.15, 0.2) is 0 Å². The maximum atomic E-state index is 12.6. The third kappa shape index (κ3) is 12.0. The molecule has 0 heterocycles. The lowest BCUT2D eigenvalue weighted by Gasteiger charge is -2.30. The molecule has 220 valence electrons. The monoisotopic (exact) mass is 620 g/mol. The van der Waals surface area contributed by atoms with Crippen LogP contribution in [0.3, 0.4) is 0 Å². The molecule has 0 aliphatic rings. The molecule has 0 fully saturated rings. The molecule has 2 rings (SSSR count). The minimum absolute atomic E-state index is 0.179. The van der Waals surface area contributed by atoms with Crippen molar-refractivity contribution in [2.24, 2.45) is 15.6 Å². The first-order chi connectivity index (χ1) is 19.1. The van der Waals surface area contributed by atoms with Gasteiger partial charge in [0.1, 0.15) is 22.4 Å². The van der Waals surface area contributed by atoms with Crippen molar-refractivity contribution in [3.63, 3.8) is 0 Å². The fourth-order valence-corrected chi connectivity index (χ4v) is 4.64. The van der Waals surface area contributed by atoms with E-state index in [0.717, 1.165) is 48.6 Å². The number of nitrogens with zero attached hydrogens (tertiary/aromatic N) is 2. The highest BCUT2D eigenvalue weighted by atomic mass is 79.9. The van der Waals surface area contributed by atoms with Gasteiger partial charge >= 0.3 is 11.9 Å². The number of esters is 2. The SMILES string of the molecule is COCCOC(=O)C(C)(C)CC(C)(Br)C(=O)OCCCCCCOc1ccc(N=Nc2ccc(OC)cc2)cc1. The molecule has 9 nitrogen and oxygen atoms in total. The molecule has 0 saturated heterocycles. The first-order valence-electron chi connectivity index (χ1n) is 13.4. The second kappa shape index (κ2) is 17.0. The highest BCUT2D eigenvalue weighted by Gasteiger charge is 2.42. The van der Waals surface area contributed by atoms with Crippen LogP contribution >= 0.6 is 15.9 Å². The number of hydrogen-bond donors (Lipinski definition) is 0. The van der Waals surface area contributed by atoms with Crippen LogP contribution in [0.25, 0.3) is 0 Å². The van der Waals surface area contributed by atoms with Gasteiger partial charge in [-0.25, -0.2) is 0 Å². The maximum absolute atomic E-state index is 12.6. The summed E-state index contributed by atoms with van der Waals surface area (Å²) in [4.78, 5) is 25.0. The number of carbonyl (C=O) groups excluding carboxylic acids is 2. The number of hydrogen-bond acceptors (Lipinski definition) is 9. The Hall–Kier alpha value is -2.98. The van der Waals surface area contributed by atoms with Crippen LogP contribution in [-0.2, 0) is 23.8 Å². The van der Waals surface area contributed by atoms with Crippen LogP contribution in [0.15, 0.2) is 58.8 Å². The molecule has 2 aromatic carbocycles. The van der Waals surface area contributed by atoms with E-state index in [4.69, 9.17) is 23.7 Å². The molecule has 0 bridgehead atoms. The summed E-state index contributed by atoms with van der Waals surface area (Å²) in [5.74, 6) is 0.786. The Morgan fingerprint density at radius 1 is 0.700 bits per heavy atom. The van der Waals surface area contributed by atoms with Gasteiger partial charge in [0.25, 0.3) is 0 Å². The van der Waals surface area contributed by atoms with Crippen molar-refractivity contribution in [2.75, 3.05) is 40.6 Å².